The highest BCUT2D eigenvalue weighted by Gasteiger charge is 2.15. The highest BCUT2D eigenvalue weighted by Crippen LogP contribution is 2.26. The van der Waals surface area contributed by atoms with Crippen LogP contribution in [0.1, 0.15) is 15.9 Å². The number of hydrogen-bond acceptors (Lipinski definition) is 7. The lowest BCUT2D eigenvalue weighted by atomic mass is 10.1. The van der Waals surface area contributed by atoms with Crippen molar-refractivity contribution in [2.24, 2.45) is 0 Å². The van der Waals surface area contributed by atoms with Crippen LogP contribution in [0.3, 0.4) is 0 Å². The van der Waals surface area contributed by atoms with Crippen molar-refractivity contribution in [2.75, 3.05) is 37.2 Å². The number of carbonyl (C=O) groups is 1. The van der Waals surface area contributed by atoms with Crippen LogP contribution in [-0.2, 0) is 10.0 Å². The number of sulfonamides is 1. The quantitative estimate of drug-likeness (QED) is 0.226. The molecule has 5 rings (SSSR count). The SMILES string of the molecule is Cc1ccc(S(=O)(=O)Nc2ccc(Nc3nc(-c4cccc(C(=O)NCCN(C)C)c4)cn4ccnc34)cc2)cc1. The van der Waals surface area contributed by atoms with E-state index >= 15 is 0 Å². The highest BCUT2D eigenvalue weighted by molar-refractivity contribution is 7.92. The normalized spacial score (nSPS) is 11.5. The summed E-state index contributed by atoms with van der Waals surface area (Å²) in [5.74, 6) is 0.371. The van der Waals surface area contributed by atoms with Crippen molar-refractivity contribution in [3.63, 3.8) is 0 Å². The Morgan fingerprint density at radius 3 is 2.44 bits per heavy atom. The van der Waals surface area contributed by atoms with Crippen molar-refractivity contribution < 1.29 is 13.2 Å². The third-order valence-corrected chi connectivity index (χ3v) is 7.77. The Hall–Kier alpha value is -4.74. The Bertz CT molecular complexity index is 1780. The molecule has 1 amide bonds. The fraction of sp³-hybridized carbons (Fsp3) is 0.167. The van der Waals surface area contributed by atoms with Crippen LogP contribution in [0.4, 0.5) is 17.2 Å². The maximum absolute atomic E-state index is 12.7. The van der Waals surface area contributed by atoms with E-state index in [0.29, 0.717) is 40.6 Å². The number of aromatic nitrogens is 3. The number of nitrogens with zero attached hydrogens (tertiary/aromatic N) is 4. The number of rotatable bonds is 10. The number of imidazole rings is 1. The lowest BCUT2D eigenvalue weighted by Gasteiger charge is -2.13. The van der Waals surface area contributed by atoms with Gasteiger partial charge in [-0.25, -0.2) is 18.4 Å². The van der Waals surface area contributed by atoms with Crippen molar-refractivity contribution in [3.8, 4) is 11.3 Å². The molecular weight excluding hydrogens is 538 g/mol. The number of likely N-dealkylation sites (N-methyl/N-ethyl adjacent to an activating group) is 1. The molecule has 210 valence electrons. The van der Waals surface area contributed by atoms with Crippen molar-refractivity contribution in [3.05, 3.63) is 103 Å². The Kier molecular flexibility index (Phi) is 7.99. The number of carbonyl (C=O) groups excluding carboxylic acids is 1. The number of nitrogens with one attached hydrogen (secondary N) is 3. The van der Waals surface area contributed by atoms with Crippen molar-refractivity contribution >= 4 is 38.8 Å². The van der Waals surface area contributed by atoms with Crippen LogP contribution in [0.25, 0.3) is 16.9 Å². The minimum Gasteiger partial charge on any atom is -0.351 e. The van der Waals surface area contributed by atoms with Crippen LogP contribution in [0.5, 0.6) is 0 Å². The zero-order chi connectivity index (χ0) is 29.0. The van der Waals surface area contributed by atoms with Crippen LogP contribution in [0.2, 0.25) is 0 Å². The fourth-order valence-electron chi connectivity index (χ4n) is 4.16. The number of amides is 1. The zero-order valence-corrected chi connectivity index (χ0v) is 23.8. The van der Waals surface area contributed by atoms with E-state index in [1.165, 1.54) is 0 Å². The predicted molar refractivity (Wildman–Crippen MR) is 161 cm³/mol. The largest absolute Gasteiger partial charge is 0.351 e. The Morgan fingerprint density at radius 1 is 0.976 bits per heavy atom. The van der Waals surface area contributed by atoms with E-state index in [0.717, 1.165) is 17.7 Å². The van der Waals surface area contributed by atoms with Gasteiger partial charge in [0.15, 0.2) is 11.5 Å². The average molecular weight is 570 g/mol. The number of aryl methyl sites for hydroxylation is 1. The second-order valence-corrected chi connectivity index (χ2v) is 11.6. The minimum absolute atomic E-state index is 0.145. The number of anilines is 3. The van der Waals surface area contributed by atoms with Gasteiger partial charge >= 0.3 is 0 Å². The van der Waals surface area contributed by atoms with Crippen LogP contribution in [0.15, 0.2) is 96.3 Å². The summed E-state index contributed by atoms with van der Waals surface area (Å²) >= 11 is 0. The standard InChI is InChI=1S/C30H31N7O3S/c1-21-7-13-26(14-8-21)41(39,40)35-25-11-9-24(10-12-25)33-28-29-31-16-18-37(29)20-27(34-28)22-5-4-6-23(19-22)30(38)32-15-17-36(2)3/h4-14,16,18-20,35H,15,17H2,1-3H3,(H,32,38)(H,33,34). The van der Waals surface area contributed by atoms with E-state index in [4.69, 9.17) is 4.98 Å². The molecule has 0 fully saturated rings. The third kappa shape index (κ3) is 6.71. The summed E-state index contributed by atoms with van der Waals surface area (Å²) in [7, 11) is 0.209. The van der Waals surface area contributed by atoms with Gasteiger partial charge in [-0.3, -0.25) is 9.52 Å². The molecular formula is C30H31N7O3S. The topological polar surface area (TPSA) is 121 Å². The van der Waals surface area contributed by atoms with Gasteiger partial charge in [0.1, 0.15) is 0 Å². The summed E-state index contributed by atoms with van der Waals surface area (Å²) in [6, 6.07) is 20.9. The van der Waals surface area contributed by atoms with Crippen LogP contribution >= 0.6 is 0 Å². The molecule has 41 heavy (non-hydrogen) atoms. The van der Waals surface area contributed by atoms with Gasteiger partial charge in [0.2, 0.25) is 0 Å². The molecule has 0 atom stereocenters. The molecule has 3 aromatic carbocycles. The fourth-order valence-corrected chi connectivity index (χ4v) is 5.22. The van der Waals surface area contributed by atoms with E-state index in [2.05, 4.69) is 20.3 Å². The summed E-state index contributed by atoms with van der Waals surface area (Å²) < 4.78 is 30.0. The molecule has 3 N–H and O–H groups in total. The highest BCUT2D eigenvalue weighted by atomic mass is 32.2. The van der Waals surface area contributed by atoms with Crippen molar-refractivity contribution in [1.29, 1.82) is 0 Å². The molecule has 2 heterocycles. The molecule has 0 aliphatic rings. The Morgan fingerprint density at radius 2 is 1.71 bits per heavy atom. The molecule has 2 aromatic heterocycles. The van der Waals surface area contributed by atoms with Crippen LogP contribution in [0, 0.1) is 6.92 Å². The first-order valence-electron chi connectivity index (χ1n) is 13.0. The van der Waals surface area contributed by atoms with Gasteiger partial charge in [0.25, 0.3) is 15.9 Å². The first-order chi connectivity index (χ1) is 19.7. The van der Waals surface area contributed by atoms with Crippen molar-refractivity contribution in [2.45, 2.75) is 11.8 Å². The smallest absolute Gasteiger partial charge is 0.261 e. The lowest BCUT2D eigenvalue weighted by Crippen LogP contribution is -2.31. The van der Waals surface area contributed by atoms with Gasteiger partial charge in [-0.2, -0.15) is 0 Å². The number of hydrogen-bond donors (Lipinski definition) is 3. The number of benzene rings is 3. The van der Waals surface area contributed by atoms with Gasteiger partial charge in [0.05, 0.1) is 10.6 Å². The summed E-state index contributed by atoms with van der Waals surface area (Å²) in [6.45, 7) is 3.20. The number of fused-ring (bicyclic) bond motifs is 1. The molecule has 0 aliphatic heterocycles. The van der Waals surface area contributed by atoms with Crippen molar-refractivity contribution in [1.82, 2.24) is 24.6 Å². The molecule has 0 aliphatic carbocycles. The molecule has 0 unspecified atom stereocenters. The Labute approximate surface area is 239 Å². The second kappa shape index (κ2) is 11.8. The molecule has 5 aromatic rings. The van der Waals surface area contributed by atoms with Gasteiger partial charge in [-0.1, -0.05) is 29.8 Å². The summed E-state index contributed by atoms with van der Waals surface area (Å²) in [5, 5.41) is 6.23. The monoisotopic (exact) mass is 569 g/mol. The molecule has 0 bridgehead atoms. The average Bonchev–Trinajstić information content (AvgIpc) is 3.43. The van der Waals surface area contributed by atoms with E-state index in [1.54, 1.807) is 60.8 Å². The summed E-state index contributed by atoms with van der Waals surface area (Å²) in [4.78, 5) is 24.1. The molecule has 0 radical (unpaired) electrons. The van der Waals surface area contributed by atoms with E-state index in [-0.39, 0.29) is 10.8 Å². The van der Waals surface area contributed by atoms with Gasteiger partial charge in [-0.15, -0.1) is 0 Å². The second-order valence-electron chi connectivity index (χ2n) is 9.89. The van der Waals surface area contributed by atoms with E-state index in [1.807, 2.05) is 60.9 Å². The molecule has 0 saturated heterocycles. The van der Waals surface area contributed by atoms with Crippen LogP contribution in [-0.4, -0.2) is 60.8 Å². The summed E-state index contributed by atoms with van der Waals surface area (Å²) in [5.41, 5.74) is 4.73. The lowest BCUT2D eigenvalue weighted by molar-refractivity contribution is 0.0951. The van der Waals surface area contributed by atoms with Gasteiger partial charge < -0.3 is 19.9 Å². The minimum atomic E-state index is -3.71. The molecule has 0 saturated carbocycles. The van der Waals surface area contributed by atoms with E-state index in [9.17, 15) is 13.2 Å². The first kappa shape index (κ1) is 27.8. The summed E-state index contributed by atoms with van der Waals surface area (Å²) in [6.07, 6.45) is 5.37. The molecule has 0 spiro atoms. The van der Waals surface area contributed by atoms with Gasteiger partial charge in [0, 0.05) is 54.2 Å². The maximum Gasteiger partial charge on any atom is 0.261 e. The zero-order valence-electron chi connectivity index (χ0n) is 23.0. The molecule has 11 heteroatoms. The third-order valence-electron chi connectivity index (χ3n) is 6.37. The Balaban J connectivity index is 1.35. The van der Waals surface area contributed by atoms with E-state index < -0.39 is 10.0 Å². The van der Waals surface area contributed by atoms with Crippen LogP contribution < -0.4 is 15.4 Å². The molecule has 10 nitrogen and oxygen atoms in total. The first-order valence-corrected chi connectivity index (χ1v) is 14.5. The predicted octanol–water partition coefficient (Wildman–Crippen LogP) is 4.54. The maximum atomic E-state index is 12.7. The van der Waals surface area contributed by atoms with Gasteiger partial charge in [-0.05, 0) is 69.6 Å².